The molecule has 0 atom stereocenters. The Labute approximate surface area is 89.1 Å². The minimum absolute atomic E-state index is 0.0170. The number of aromatic nitrogens is 2. The molecule has 6 heteroatoms. The van der Waals surface area contributed by atoms with E-state index in [1.54, 1.807) is 0 Å². The van der Waals surface area contributed by atoms with E-state index >= 15 is 0 Å². The summed E-state index contributed by atoms with van der Waals surface area (Å²) in [5.74, 6) is -1.15. The van der Waals surface area contributed by atoms with Crippen LogP contribution in [0.4, 0.5) is 4.39 Å². The number of hydrogen-bond donors (Lipinski definition) is 3. The van der Waals surface area contributed by atoms with Gasteiger partial charge in [0.1, 0.15) is 11.5 Å². The number of carbonyl (C=O) groups is 1. The Morgan fingerprint density at radius 1 is 1.19 bits per heavy atom. The molecule has 1 amide bonds. The summed E-state index contributed by atoms with van der Waals surface area (Å²) in [7, 11) is 0. The zero-order valence-corrected chi connectivity index (χ0v) is 8.08. The molecule has 0 radical (unpaired) electrons. The van der Waals surface area contributed by atoms with Crippen LogP contribution in [0.1, 0.15) is 10.5 Å². The zero-order chi connectivity index (χ0) is 11.7. The van der Waals surface area contributed by atoms with Gasteiger partial charge < -0.3 is 15.7 Å². The van der Waals surface area contributed by atoms with Crippen molar-refractivity contribution in [3.05, 3.63) is 46.3 Å². The molecular formula is C10H8FN3O2. The van der Waals surface area contributed by atoms with Crippen molar-refractivity contribution in [2.45, 2.75) is 0 Å². The number of carbonyl (C=O) groups excluding carboxylic acids is 1. The average molecular weight is 221 g/mol. The van der Waals surface area contributed by atoms with Crippen molar-refractivity contribution in [1.29, 1.82) is 0 Å². The van der Waals surface area contributed by atoms with Crippen molar-refractivity contribution < 1.29 is 9.18 Å². The van der Waals surface area contributed by atoms with Gasteiger partial charge >= 0.3 is 5.69 Å². The molecule has 0 aliphatic rings. The lowest BCUT2D eigenvalue weighted by Crippen LogP contribution is -2.14. The van der Waals surface area contributed by atoms with E-state index in [0.717, 1.165) is 0 Å². The molecule has 0 unspecified atom stereocenters. The molecule has 4 N–H and O–H groups in total. The first-order valence-electron chi connectivity index (χ1n) is 4.46. The fourth-order valence-corrected chi connectivity index (χ4v) is 1.40. The van der Waals surface area contributed by atoms with Crippen molar-refractivity contribution >= 4 is 5.91 Å². The van der Waals surface area contributed by atoms with Crippen molar-refractivity contribution in [2.24, 2.45) is 5.73 Å². The predicted octanol–water partition coefficient (Wildman–Crippen LogP) is 0.608. The van der Waals surface area contributed by atoms with E-state index in [1.165, 1.54) is 24.3 Å². The second-order valence-corrected chi connectivity index (χ2v) is 3.20. The zero-order valence-electron chi connectivity index (χ0n) is 8.08. The van der Waals surface area contributed by atoms with E-state index in [-0.39, 0.29) is 11.4 Å². The molecule has 0 bridgehead atoms. The van der Waals surface area contributed by atoms with Crippen LogP contribution in [0, 0.1) is 5.82 Å². The maximum atomic E-state index is 12.7. The number of nitrogens with two attached hydrogens (primary N) is 1. The predicted molar refractivity (Wildman–Crippen MR) is 55.3 cm³/mol. The summed E-state index contributed by atoms with van der Waals surface area (Å²) in [4.78, 5) is 26.8. The van der Waals surface area contributed by atoms with Gasteiger partial charge in [-0.15, -0.1) is 0 Å². The summed E-state index contributed by atoms with van der Waals surface area (Å²) in [5, 5.41) is 0. The fourth-order valence-electron chi connectivity index (χ4n) is 1.40. The van der Waals surface area contributed by atoms with Gasteiger partial charge in [-0.25, -0.2) is 9.18 Å². The second-order valence-electron chi connectivity index (χ2n) is 3.20. The van der Waals surface area contributed by atoms with E-state index in [0.29, 0.717) is 5.56 Å². The normalized spacial score (nSPS) is 10.3. The highest BCUT2D eigenvalue weighted by molar-refractivity contribution is 5.96. The summed E-state index contributed by atoms with van der Waals surface area (Å²) in [5.41, 5.74) is 5.31. The molecule has 1 aromatic carbocycles. The molecule has 82 valence electrons. The van der Waals surface area contributed by atoms with Crippen LogP contribution in [-0.2, 0) is 0 Å². The van der Waals surface area contributed by atoms with Gasteiger partial charge in [0.2, 0.25) is 0 Å². The Morgan fingerprint density at radius 2 is 1.81 bits per heavy atom. The summed E-state index contributed by atoms with van der Waals surface area (Å²) in [6, 6.07) is 5.35. The van der Waals surface area contributed by atoms with Gasteiger partial charge in [-0.2, -0.15) is 0 Å². The van der Waals surface area contributed by atoms with Crippen molar-refractivity contribution in [1.82, 2.24) is 9.97 Å². The lowest BCUT2D eigenvalue weighted by Gasteiger charge is -1.99. The molecule has 0 aliphatic heterocycles. The van der Waals surface area contributed by atoms with Crippen LogP contribution in [0.3, 0.4) is 0 Å². The van der Waals surface area contributed by atoms with Crippen LogP contribution in [0.2, 0.25) is 0 Å². The highest BCUT2D eigenvalue weighted by Gasteiger charge is 2.13. The SMILES string of the molecule is NC(=O)c1[nH]c(=O)[nH]c1-c1ccc(F)cc1. The van der Waals surface area contributed by atoms with Gasteiger partial charge in [0, 0.05) is 5.56 Å². The minimum atomic E-state index is -0.752. The number of imidazole rings is 1. The van der Waals surface area contributed by atoms with Gasteiger partial charge in [-0.1, -0.05) is 0 Å². The van der Waals surface area contributed by atoms with Crippen LogP contribution in [0.15, 0.2) is 29.1 Å². The van der Waals surface area contributed by atoms with E-state index in [1.807, 2.05) is 0 Å². The Bertz CT molecular complexity index is 583. The first kappa shape index (κ1) is 10.2. The molecule has 16 heavy (non-hydrogen) atoms. The first-order valence-corrected chi connectivity index (χ1v) is 4.46. The molecule has 2 rings (SSSR count). The molecule has 0 aliphatic carbocycles. The smallest absolute Gasteiger partial charge is 0.323 e. The van der Waals surface area contributed by atoms with E-state index in [2.05, 4.69) is 9.97 Å². The van der Waals surface area contributed by atoms with Crippen LogP contribution >= 0.6 is 0 Å². The molecule has 5 nitrogen and oxygen atoms in total. The topological polar surface area (TPSA) is 91.7 Å². The standard InChI is InChI=1S/C10H8FN3O2/c11-6-3-1-5(2-4-6)7-8(9(12)15)14-10(16)13-7/h1-4H,(H2,12,15)(H2,13,14,16). The Morgan fingerprint density at radius 3 is 2.38 bits per heavy atom. The molecule has 1 heterocycles. The number of primary amides is 1. The van der Waals surface area contributed by atoms with Gasteiger partial charge in [0.05, 0.1) is 5.69 Å². The van der Waals surface area contributed by atoms with E-state index < -0.39 is 17.4 Å². The van der Waals surface area contributed by atoms with Crippen molar-refractivity contribution in [2.75, 3.05) is 0 Å². The quantitative estimate of drug-likeness (QED) is 0.693. The Kier molecular flexibility index (Phi) is 2.32. The number of amides is 1. The molecule has 0 saturated carbocycles. The minimum Gasteiger partial charge on any atom is -0.364 e. The van der Waals surface area contributed by atoms with Crippen LogP contribution < -0.4 is 11.4 Å². The van der Waals surface area contributed by atoms with Crippen LogP contribution in [0.5, 0.6) is 0 Å². The number of benzene rings is 1. The van der Waals surface area contributed by atoms with Crippen LogP contribution in [0.25, 0.3) is 11.3 Å². The van der Waals surface area contributed by atoms with Crippen molar-refractivity contribution in [3.8, 4) is 11.3 Å². The van der Waals surface area contributed by atoms with Gasteiger partial charge in [-0.3, -0.25) is 4.79 Å². The maximum absolute atomic E-state index is 12.7. The third-order valence-corrected chi connectivity index (χ3v) is 2.11. The van der Waals surface area contributed by atoms with E-state index in [9.17, 15) is 14.0 Å². The first-order chi connectivity index (χ1) is 7.58. The number of halogens is 1. The van der Waals surface area contributed by atoms with Crippen molar-refractivity contribution in [3.63, 3.8) is 0 Å². The highest BCUT2D eigenvalue weighted by atomic mass is 19.1. The lowest BCUT2D eigenvalue weighted by atomic mass is 10.1. The third-order valence-electron chi connectivity index (χ3n) is 2.11. The van der Waals surface area contributed by atoms with Gasteiger partial charge in [0.15, 0.2) is 0 Å². The number of H-pyrrole nitrogens is 2. The lowest BCUT2D eigenvalue weighted by molar-refractivity contribution is 0.0996. The highest BCUT2D eigenvalue weighted by Crippen LogP contribution is 2.18. The number of hydrogen-bond acceptors (Lipinski definition) is 2. The fraction of sp³-hybridized carbons (Fsp3) is 0. The summed E-state index contributed by atoms with van der Waals surface area (Å²) in [6.07, 6.45) is 0. The molecule has 0 saturated heterocycles. The molecular weight excluding hydrogens is 213 g/mol. The summed E-state index contributed by atoms with van der Waals surface area (Å²) < 4.78 is 12.7. The monoisotopic (exact) mass is 221 g/mol. The Balaban J connectivity index is 2.59. The number of rotatable bonds is 2. The number of aromatic amines is 2. The second kappa shape index (κ2) is 3.65. The molecule has 0 fully saturated rings. The Hall–Kier alpha value is -2.37. The molecule has 0 spiro atoms. The van der Waals surface area contributed by atoms with Gasteiger partial charge in [0.25, 0.3) is 5.91 Å². The van der Waals surface area contributed by atoms with Gasteiger partial charge in [-0.05, 0) is 24.3 Å². The molecule has 2 aromatic rings. The third kappa shape index (κ3) is 1.72. The average Bonchev–Trinajstić information content (AvgIpc) is 2.61. The molecule has 1 aromatic heterocycles. The van der Waals surface area contributed by atoms with E-state index in [4.69, 9.17) is 5.73 Å². The number of nitrogens with one attached hydrogen (secondary N) is 2. The summed E-state index contributed by atoms with van der Waals surface area (Å²) in [6.45, 7) is 0. The van der Waals surface area contributed by atoms with Crippen LogP contribution in [-0.4, -0.2) is 15.9 Å². The summed E-state index contributed by atoms with van der Waals surface area (Å²) >= 11 is 0. The maximum Gasteiger partial charge on any atom is 0.323 e. The largest absolute Gasteiger partial charge is 0.364 e.